The van der Waals surface area contributed by atoms with Gasteiger partial charge in [-0.2, -0.15) is 0 Å². The Balaban J connectivity index is 1.37. The van der Waals surface area contributed by atoms with E-state index in [0.29, 0.717) is 0 Å². The van der Waals surface area contributed by atoms with Gasteiger partial charge in [0, 0.05) is 41.6 Å². The molecular weight excluding hydrogens is 333 g/mol. The number of nitrogens with one attached hydrogen (secondary N) is 1. The van der Waals surface area contributed by atoms with Crippen LogP contribution in [0.25, 0.3) is 11.0 Å². The van der Waals surface area contributed by atoms with Crippen molar-refractivity contribution >= 4 is 35.6 Å². The van der Waals surface area contributed by atoms with E-state index in [1.807, 2.05) is 6.20 Å². The molecule has 2 aliphatic heterocycles. The number of pyridine rings is 1. The van der Waals surface area contributed by atoms with Gasteiger partial charge in [-0.1, -0.05) is 31.2 Å². The molecule has 2 N–H and O–H groups in total. The molecule has 0 atom stereocenters. The van der Waals surface area contributed by atoms with Crippen molar-refractivity contribution in [2.75, 3.05) is 13.1 Å². The molecule has 2 aromatic heterocycles. The van der Waals surface area contributed by atoms with Crippen molar-refractivity contribution < 1.29 is 9.68 Å². The van der Waals surface area contributed by atoms with E-state index in [-0.39, 0.29) is 5.60 Å². The Morgan fingerprint density at radius 2 is 2.08 bits per heavy atom. The number of piperidine rings is 1. The first-order chi connectivity index (χ1) is 12.3. The lowest BCUT2D eigenvalue weighted by molar-refractivity contribution is 0.0151. The molecule has 2 fully saturated rings. The number of rotatable bonds is 2. The standard InChI is InChI=1S/C18H24BN3O2S/c23-19-15-12-21-17-14(6-9-20-17)16(15)18(24-19)7-10-22(11-8-18)25-13-4-2-1-3-5-13/h6,9,12-13,23H,1-5,7-8,10-11H2,(H,20,21). The average molecular weight is 357 g/mol. The first-order valence-corrected chi connectivity index (χ1v) is 10.3. The average Bonchev–Trinajstić information content (AvgIpc) is 3.21. The molecule has 1 spiro atoms. The zero-order valence-corrected chi connectivity index (χ0v) is 15.2. The number of aromatic amines is 1. The Morgan fingerprint density at radius 1 is 1.28 bits per heavy atom. The largest absolute Gasteiger partial charge is 0.493 e. The van der Waals surface area contributed by atoms with E-state index in [1.54, 1.807) is 6.20 Å². The fourth-order valence-electron chi connectivity index (χ4n) is 4.76. The van der Waals surface area contributed by atoms with Crippen molar-refractivity contribution in [2.45, 2.75) is 55.8 Å². The molecular formula is C18H24BN3O2S. The molecule has 1 aliphatic carbocycles. The predicted molar refractivity (Wildman–Crippen MR) is 102 cm³/mol. The quantitative estimate of drug-likeness (QED) is 0.639. The van der Waals surface area contributed by atoms with E-state index < -0.39 is 7.12 Å². The molecule has 25 heavy (non-hydrogen) atoms. The highest BCUT2D eigenvalue weighted by molar-refractivity contribution is 7.97. The molecule has 0 bridgehead atoms. The highest BCUT2D eigenvalue weighted by Gasteiger charge is 2.50. The van der Waals surface area contributed by atoms with Crippen LogP contribution in [-0.2, 0) is 10.3 Å². The van der Waals surface area contributed by atoms with Crippen molar-refractivity contribution in [2.24, 2.45) is 0 Å². The molecule has 0 unspecified atom stereocenters. The fourth-order valence-corrected chi connectivity index (χ4v) is 6.12. The first-order valence-electron chi connectivity index (χ1n) is 9.49. The van der Waals surface area contributed by atoms with Crippen LogP contribution >= 0.6 is 11.9 Å². The summed E-state index contributed by atoms with van der Waals surface area (Å²) >= 11 is 2.07. The van der Waals surface area contributed by atoms with Crippen molar-refractivity contribution in [3.8, 4) is 0 Å². The fraction of sp³-hybridized carbons (Fsp3) is 0.611. The monoisotopic (exact) mass is 357 g/mol. The van der Waals surface area contributed by atoms with Gasteiger partial charge in [-0.05, 0) is 37.3 Å². The summed E-state index contributed by atoms with van der Waals surface area (Å²) in [6.45, 7) is 2.03. The number of nitrogens with zero attached hydrogens (tertiary/aromatic N) is 2. The lowest BCUT2D eigenvalue weighted by atomic mass is 9.76. The number of H-pyrrole nitrogens is 1. The van der Waals surface area contributed by atoms with E-state index in [0.717, 1.165) is 53.2 Å². The zero-order chi connectivity index (χ0) is 16.9. The summed E-state index contributed by atoms with van der Waals surface area (Å²) in [5, 5.41) is 12.3. The third kappa shape index (κ3) is 2.72. The molecule has 5 nitrogen and oxygen atoms in total. The van der Waals surface area contributed by atoms with E-state index in [1.165, 1.54) is 32.1 Å². The van der Waals surface area contributed by atoms with Gasteiger partial charge in [0.2, 0.25) is 0 Å². The van der Waals surface area contributed by atoms with Crippen molar-refractivity contribution in [1.82, 2.24) is 14.3 Å². The summed E-state index contributed by atoms with van der Waals surface area (Å²) in [5.41, 5.74) is 2.53. The predicted octanol–water partition coefficient (Wildman–Crippen LogP) is 2.55. The Hall–Kier alpha value is -1.02. The smallest absolute Gasteiger partial charge is 0.423 e. The minimum atomic E-state index is -0.848. The Labute approximate surface area is 152 Å². The third-order valence-electron chi connectivity index (χ3n) is 6.06. The molecule has 0 aromatic carbocycles. The number of fused-ring (bicyclic) bond motifs is 4. The van der Waals surface area contributed by atoms with Gasteiger partial charge in [-0.15, -0.1) is 0 Å². The van der Waals surface area contributed by atoms with Crippen LogP contribution < -0.4 is 5.46 Å². The van der Waals surface area contributed by atoms with Crippen molar-refractivity contribution in [3.05, 3.63) is 24.0 Å². The molecule has 132 valence electrons. The lowest BCUT2D eigenvalue weighted by Gasteiger charge is -2.41. The van der Waals surface area contributed by atoms with E-state index >= 15 is 0 Å². The Bertz CT molecular complexity index is 769. The summed E-state index contributed by atoms with van der Waals surface area (Å²) in [4.78, 5) is 7.61. The first kappa shape index (κ1) is 16.2. The topological polar surface area (TPSA) is 61.4 Å². The van der Waals surface area contributed by atoms with Crippen molar-refractivity contribution in [3.63, 3.8) is 0 Å². The Morgan fingerprint density at radius 3 is 2.88 bits per heavy atom. The third-order valence-corrected chi connectivity index (χ3v) is 7.49. The molecule has 5 rings (SSSR count). The maximum absolute atomic E-state index is 10.4. The van der Waals surface area contributed by atoms with Gasteiger partial charge in [0.25, 0.3) is 0 Å². The van der Waals surface area contributed by atoms with E-state index in [4.69, 9.17) is 4.65 Å². The summed E-state index contributed by atoms with van der Waals surface area (Å²) in [5.74, 6) is 0. The second kappa shape index (κ2) is 6.30. The van der Waals surface area contributed by atoms with Crippen LogP contribution in [0.5, 0.6) is 0 Å². The van der Waals surface area contributed by atoms with Gasteiger partial charge < -0.3 is 14.7 Å². The van der Waals surface area contributed by atoms with Crippen LogP contribution in [-0.4, -0.2) is 44.8 Å². The molecule has 1 saturated carbocycles. The molecule has 7 heteroatoms. The second-order valence-electron chi connectivity index (χ2n) is 7.59. The van der Waals surface area contributed by atoms with Gasteiger partial charge in [-0.25, -0.2) is 4.98 Å². The van der Waals surface area contributed by atoms with Crippen LogP contribution in [0.4, 0.5) is 0 Å². The highest BCUT2D eigenvalue weighted by Crippen LogP contribution is 2.44. The maximum Gasteiger partial charge on any atom is 0.493 e. The van der Waals surface area contributed by atoms with Crippen LogP contribution in [0.15, 0.2) is 18.5 Å². The number of aromatic nitrogens is 2. The molecule has 0 amide bonds. The van der Waals surface area contributed by atoms with Crippen LogP contribution in [0.2, 0.25) is 0 Å². The summed E-state index contributed by atoms with van der Waals surface area (Å²) < 4.78 is 8.67. The van der Waals surface area contributed by atoms with Gasteiger partial charge in [0.1, 0.15) is 5.65 Å². The summed E-state index contributed by atoms with van der Waals surface area (Å²) in [6.07, 6.45) is 12.5. The van der Waals surface area contributed by atoms with Crippen LogP contribution in [0, 0.1) is 0 Å². The molecule has 0 radical (unpaired) electrons. The highest BCUT2D eigenvalue weighted by atomic mass is 32.2. The molecule has 4 heterocycles. The Kier molecular flexibility index (Phi) is 4.08. The minimum Gasteiger partial charge on any atom is -0.423 e. The second-order valence-corrected chi connectivity index (χ2v) is 8.98. The summed E-state index contributed by atoms with van der Waals surface area (Å²) in [7, 11) is -0.848. The molecule has 2 aromatic rings. The number of hydrogen-bond donors (Lipinski definition) is 2. The van der Waals surface area contributed by atoms with Crippen LogP contribution in [0.3, 0.4) is 0 Å². The lowest BCUT2D eigenvalue weighted by Crippen LogP contribution is -2.41. The van der Waals surface area contributed by atoms with Gasteiger partial charge in [0.05, 0.1) is 5.60 Å². The molecule has 3 aliphatic rings. The van der Waals surface area contributed by atoms with E-state index in [2.05, 4.69) is 32.3 Å². The van der Waals surface area contributed by atoms with Gasteiger partial charge >= 0.3 is 7.12 Å². The van der Waals surface area contributed by atoms with E-state index in [9.17, 15) is 5.02 Å². The number of hydrogen-bond acceptors (Lipinski definition) is 5. The maximum atomic E-state index is 10.4. The normalized spacial score (nSPS) is 24.3. The molecule has 1 saturated heterocycles. The van der Waals surface area contributed by atoms with Crippen LogP contribution in [0.1, 0.15) is 50.5 Å². The SMILES string of the molecule is OB1OC2(CCN(SC3CCCCC3)CC2)c2c1cnc1[nH]ccc21. The minimum absolute atomic E-state index is 0.359. The van der Waals surface area contributed by atoms with Crippen molar-refractivity contribution in [1.29, 1.82) is 0 Å². The van der Waals surface area contributed by atoms with Gasteiger partial charge in [0.15, 0.2) is 0 Å². The van der Waals surface area contributed by atoms with Gasteiger partial charge in [-0.3, -0.25) is 4.31 Å². The summed E-state index contributed by atoms with van der Waals surface area (Å²) in [6, 6.07) is 2.06. The zero-order valence-electron chi connectivity index (χ0n) is 14.4.